The van der Waals surface area contributed by atoms with Crippen molar-refractivity contribution in [3.05, 3.63) is 36.2 Å². The lowest BCUT2D eigenvalue weighted by Gasteiger charge is -2.33. The van der Waals surface area contributed by atoms with E-state index in [1.54, 1.807) is 29.4 Å². The lowest BCUT2D eigenvalue weighted by molar-refractivity contribution is -0.130. The lowest BCUT2D eigenvalue weighted by atomic mass is 9.96. The van der Waals surface area contributed by atoms with E-state index in [-0.39, 0.29) is 11.8 Å². The van der Waals surface area contributed by atoms with Crippen LogP contribution in [0.15, 0.2) is 30.6 Å². The first-order valence-electron chi connectivity index (χ1n) is 6.22. The number of hydrogen-bond donors (Lipinski definition) is 1. The zero-order valence-electron chi connectivity index (χ0n) is 10.5. The normalized spacial score (nSPS) is 24.4. The number of likely N-dealkylation sites (tertiary alicyclic amines) is 1. The number of carbonyl (C=O) groups is 1. The van der Waals surface area contributed by atoms with Gasteiger partial charge in [0, 0.05) is 31.6 Å². The van der Waals surface area contributed by atoms with Crippen molar-refractivity contribution in [3.63, 3.8) is 0 Å². The Morgan fingerprint density at radius 3 is 3.11 bits per heavy atom. The molecule has 2 heterocycles. The number of nitrogens with zero attached hydrogens (tertiary/aromatic N) is 2. The summed E-state index contributed by atoms with van der Waals surface area (Å²) in [5.74, 6) is 0.223. The van der Waals surface area contributed by atoms with E-state index in [1.165, 1.54) is 0 Å². The Balaban J connectivity index is 1.94. The van der Waals surface area contributed by atoms with Crippen LogP contribution in [0, 0.1) is 5.92 Å². The maximum atomic E-state index is 11.9. The molecule has 96 valence electrons. The Morgan fingerprint density at radius 1 is 1.61 bits per heavy atom. The van der Waals surface area contributed by atoms with Crippen LogP contribution in [0.4, 0.5) is 0 Å². The Hall–Kier alpha value is -1.68. The number of hydrogen-bond acceptors (Lipinski definition) is 3. The Morgan fingerprint density at radius 2 is 2.44 bits per heavy atom. The highest BCUT2D eigenvalue weighted by atomic mass is 16.3. The number of amides is 1. The van der Waals surface area contributed by atoms with Crippen LogP contribution in [0.3, 0.4) is 0 Å². The molecule has 1 aromatic rings. The van der Waals surface area contributed by atoms with Gasteiger partial charge in [-0.3, -0.25) is 9.78 Å². The van der Waals surface area contributed by atoms with Gasteiger partial charge in [-0.15, -0.1) is 0 Å². The van der Waals surface area contributed by atoms with E-state index >= 15 is 0 Å². The van der Waals surface area contributed by atoms with Gasteiger partial charge >= 0.3 is 0 Å². The Kier molecular flexibility index (Phi) is 4.10. The van der Waals surface area contributed by atoms with Crippen molar-refractivity contribution in [1.82, 2.24) is 9.88 Å². The van der Waals surface area contributed by atoms with Crippen LogP contribution < -0.4 is 0 Å². The van der Waals surface area contributed by atoms with Gasteiger partial charge < -0.3 is 10.0 Å². The molecule has 1 saturated heterocycles. The maximum Gasteiger partial charge on any atom is 0.246 e. The van der Waals surface area contributed by atoms with Gasteiger partial charge in [-0.2, -0.15) is 0 Å². The number of aromatic nitrogens is 1. The minimum absolute atomic E-state index is 0.0511. The number of aliphatic hydroxyl groups is 1. The van der Waals surface area contributed by atoms with Gasteiger partial charge in [0.25, 0.3) is 0 Å². The smallest absolute Gasteiger partial charge is 0.246 e. The number of β-amino-alcohol motifs (C(OH)–C–C–N with tert-alkyl or cyclic N) is 1. The molecular weight excluding hydrogens is 228 g/mol. The second-order valence-electron chi connectivity index (χ2n) is 4.74. The SMILES string of the molecule is CC1CCN(C(=O)/C=C/c2cccnc2)CC1O. The maximum absolute atomic E-state index is 11.9. The summed E-state index contributed by atoms with van der Waals surface area (Å²) < 4.78 is 0. The van der Waals surface area contributed by atoms with Crippen LogP contribution in [0.5, 0.6) is 0 Å². The van der Waals surface area contributed by atoms with Gasteiger partial charge in [0.1, 0.15) is 0 Å². The standard InChI is InChI=1S/C14H18N2O2/c1-11-6-8-16(10-13(11)17)14(18)5-4-12-3-2-7-15-9-12/h2-5,7,9,11,13,17H,6,8,10H2,1H3/b5-4+. The summed E-state index contributed by atoms with van der Waals surface area (Å²) in [5.41, 5.74) is 0.900. The summed E-state index contributed by atoms with van der Waals surface area (Å²) in [5, 5.41) is 9.75. The van der Waals surface area contributed by atoms with Gasteiger partial charge in [-0.1, -0.05) is 13.0 Å². The fourth-order valence-electron chi connectivity index (χ4n) is 2.00. The lowest BCUT2D eigenvalue weighted by Crippen LogP contribution is -2.45. The minimum Gasteiger partial charge on any atom is -0.391 e. The van der Waals surface area contributed by atoms with Crippen LogP contribution in [0.1, 0.15) is 18.9 Å². The predicted molar refractivity (Wildman–Crippen MR) is 69.6 cm³/mol. The summed E-state index contributed by atoms with van der Waals surface area (Å²) in [4.78, 5) is 17.6. The highest BCUT2D eigenvalue weighted by molar-refractivity contribution is 5.91. The molecule has 0 radical (unpaired) electrons. The van der Waals surface area contributed by atoms with Crippen LogP contribution in [-0.4, -0.2) is 40.1 Å². The highest BCUT2D eigenvalue weighted by Gasteiger charge is 2.25. The number of piperidine rings is 1. The van der Waals surface area contributed by atoms with E-state index in [4.69, 9.17) is 0 Å². The molecule has 1 fully saturated rings. The van der Waals surface area contributed by atoms with Crippen molar-refractivity contribution in [2.45, 2.75) is 19.4 Å². The van der Waals surface area contributed by atoms with E-state index in [0.717, 1.165) is 12.0 Å². The molecule has 0 spiro atoms. The molecule has 1 N–H and O–H groups in total. The molecule has 1 aliphatic rings. The third-order valence-corrected chi connectivity index (χ3v) is 3.33. The number of aliphatic hydroxyl groups excluding tert-OH is 1. The molecule has 0 aromatic carbocycles. The summed E-state index contributed by atoms with van der Waals surface area (Å²) >= 11 is 0. The first-order chi connectivity index (χ1) is 8.66. The van der Waals surface area contributed by atoms with Crippen LogP contribution in [0.25, 0.3) is 6.08 Å². The average Bonchev–Trinajstić information content (AvgIpc) is 2.40. The van der Waals surface area contributed by atoms with Gasteiger partial charge in [0.2, 0.25) is 5.91 Å². The van der Waals surface area contributed by atoms with Crippen molar-refractivity contribution in [1.29, 1.82) is 0 Å². The van der Waals surface area contributed by atoms with Crippen molar-refractivity contribution < 1.29 is 9.90 Å². The second-order valence-corrected chi connectivity index (χ2v) is 4.74. The first kappa shape index (κ1) is 12.8. The van der Waals surface area contributed by atoms with Gasteiger partial charge in [-0.25, -0.2) is 0 Å². The molecule has 4 heteroatoms. The molecule has 1 aromatic heterocycles. The third kappa shape index (κ3) is 3.17. The number of rotatable bonds is 2. The molecular formula is C14H18N2O2. The summed E-state index contributed by atoms with van der Waals surface area (Å²) in [6, 6.07) is 3.72. The zero-order chi connectivity index (χ0) is 13.0. The van der Waals surface area contributed by atoms with Crippen LogP contribution in [0.2, 0.25) is 0 Å². The molecule has 0 saturated carbocycles. The molecule has 1 aliphatic heterocycles. The average molecular weight is 246 g/mol. The molecule has 18 heavy (non-hydrogen) atoms. The number of pyridine rings is 1. The Labute approximate surface area is 107 Å². The zero-order valence-corrected chi connectivity index (χ0v) is 10.5. The fourth-order valence-corrected chi connectivity index (χ4v) is 2.00. The molecule has 4 nitrogen and oxygen atoms in total. The van der Waals surface area contributed by atoms with Gasteiger partial charge in [0.15, 0.2) is 0 Å². The minimum atomic E-state index is -0.408. The van der Waals surface area contributed by atoms with Gasteiger partial charge in [-0.05, 0) is 30.0 Å². The van der Waals surface area contributed by atoms with E-state index in [1.807, 2.05) is 19.1 Å². The molecule has 2 atom stereocenters. The molecule has 1 amide bonds. The van der Waals surface area contributed by atoms with Crippen LogP contribution >= 0.6 is 0 Å². The van der Waals surface area contributed by atoms with E-state index in [2.05, 4.69) is 4.98 Å². The summed E-state index contributed by atoms with van der Waals surface area (Å²) in [6.07, 6.45) is 7.14. The highest BCUT2D eigenvalue weighted by Crippen LogP contribution is 2.17. The molecule has 0 aliphatic carbocycles. The first-order valence-corrected chi connectivity index (χ1v) is 6.22. The van der Waals surface area contributed by atoms with Gasteiger partial charge in [0.05, 0.1) is 6.10 Å². The Bertz CT molecular complexity index is 431. The number of carbonyl (C=O) groups excluding carboxylic acids is 1. The molecule has 0 bridgehead atoms. The fraction of sp³-hybridized carbons (Fsp3) is 0.429. The quantitative estimate of drug-likeness (QED) is 0.801. The second kappa shape index (κ2) is 5.78. The third-order valence-electron chi connectivity index (χ3n) is 3.33. The van der Waals surface area contributed by atoms with Crippen LogP contribution in [-0.2, 0) is 4.79 Å². The van der Waals surface area contributed by atoms with Crippen molar-refractivity contribution in [3.8, 4) is 0 Å². The van der Waals surface area contributed by atoms with Crippen molar-refractivity contribution in [2.75, 3.05) is 13.1 Å². The largest absolute Gasteiger partial charge is 0.391 e. The summed E-state index contributed by atoms with van der Waals surface area (Å²) in [7, 11) is 0. The molecule has 2 rings (SSSR count). The summed E-state index contributed by atoms with van der Waals surface area (Å²) in [6.45, 7) is 3.16. The van der Waals surface area contributed by atoms with E-state index in [9.17, 15) is 9.90 Å². The predicted octanol–water partition coefficient (Wildman–Crippen LogP) is 1.32. The monoisotopic (exact) mass is 246 g/mol. The molecule has 2 unspecified atom stereocenters. The topological polar surface area (TPSA) is 53.4 Å². The van der Waals surface area contributed by atoms with E-state index in [0.29, 0.717) is 13.1 Å². The van der Waals surface area contributed by atoms with Crippen molar-refractivity contribution in [2.24, 2.45) is 5.92 Å². The van der Waals surface area contributed by atoms with Crippen molar-refractivity contribution >= 4 is 12.0 Å². The van der Waals surface area contributed by atoms with E-state index < -0.39 is 6.10 Å².